The van der Waals surface area contributed by atoms with Gasteiger partial charge in [0.15, 0.2) is 0 Å². The van der Waals surface area contributed by atoms with Crippen LogP contribution >= 0.6 is 11.6 Å². The van der Waals surface area contributed by atoms with Crippen LogP contribution in [0.3, 0.4) is 0 Å². The number of nitrogens with one attached hydrogen (secondary N) is 2. The van der Waals surface area contributed by atoms with Crippen molar-refractivity contribution in [2.45, 2.75) is 25.3 Å². The molecule has 2 aromatic rings. The fourth-order valence-electron chi connectivity index (χ4n) is 1.96. The molecule has 0 saturated heterocycles. The molecule has 0 bridgehead atoms. The van der Waals surface area contributed by atoms with E-state index in [4.69, 9.17) is 16.0 Å². The summed E-state index contributed by atoms with van der Waals surface area (Å²) in [5.74, 6) is 0.922. The fourth-order valence-corrected chi connectivity index (χ4v) is 3.45. The molecule has 0 fully saturated rings. The Morgan fingerprint density at radius 2 is 1.95 bits per heavy atom. The molecule has 0 radical (unpaired) electrons. The second kappa shape index (κ2) is 6.09. The summed E-state index contributed by atoms with van der Waals surface area (Å²) in [6, 6.07) is 6.57. The largest absolute Gasteiger partial charge is 0.464 e. The predicted molar refractivity (Wildman–Crippen MR) is 83.2 cm³/mol. The Kier molecular flexibility index (Phi) is 4.61. The molecule has 0 amide bonds. The third-order valence-corrected chi connectivity index (χ3v) is 4.72. The smallest absolute Gasteiger partial charge is 0.265 e. The highest BCUT2D eigenvalue weighted by Gasteiger charge is 2.22. The molecule has 0 aliphatic rings. The lowest BCUT2D eigenvalue weighted by Gasteiger charge is -2.10. The van der Waals surface area contributed by atoms with Crippen molar-refractivity contribution in [1.29, 1.82) is 0 Å². The van der Waals surface area contributed by atoms with Gasteiger partial charge in [0.2, 0.25) is 0 Å². The van der Waals surface area contributed by atoms with Crippen molar-refractivity contribution in [3.05, 3.63) is 46.4 Å². The Morgan fingerprint density at radius 3 is 2.62 bits per heavy atom. The highest BCUT2D eigenvalue weighted by molar-refractivity contribution is 7.92. The van der Waals surface area contributed by atoms with Crippen LogP contribution in [0.1, 0.15) is 17.1 Å². The molecular weight excluding hydrogens is 312 g/mol. The summed E-state index contributed by atoms with van der Waals surface area (Å²) < 4.78 is 32.9. The van der Waals surface area contributed by atoms with E-state index in [1.807, 2.05) is 6.92 Å². The topological polar surface area (TPSA) is 71.3 Å². The number of hydrogen-bond donors (Lipinski definition) is 2. The average Bonchev–Trinajstić information content (AvgIpc) is 2.76. The van der Waals surface area contributed by atoms with Gasteiger partial charge in [0, 0.05) is 11.1 Å². The summed E-state index contributed by atoms with van der Waals surface area (Å²) in [7, 11) is -1.95. The van der Waals surface area contributed by atoms with Gasteiger partial charge in [0.05, 0.1) is 12.2 Å². The SMILES string of the molecule is CNCc1cc(S(=O)(=O)Nc2cc(Cl)ccc2C)c(C)o1. The summed E-state index contributed by atoms with van der Waals surface area (Å²) in [5.41, 5.74) is 1.25. The average molecular weight is 329 g/mol. The highest BCUT2D eigenvalue weighted by atomic mass is 35.5. The summed E-state index contributed by atoms with van der Waals surface area (Å²) >= 11 is 5.91. The summed E-state index contributed by atoms with van der Waals surface area (Å²) in [6.07, 6.45) is 0. The number of hydrogen-bond acceptors (Lipinski definition) is 4. The molecule has 0 aliphatic carbocycles. The zero-order valence-corrected chi connectivity index (χ0v) is 13.6. The van der Waals surface area contributed by atoms with E-state index in [0.29, 0.717) is 28.8 Å². The number of furan rings is 1. The van der Waals surface area contributed by atoms with Gasteiger partial charge in [-0.25, -0.2) is 8.42 Å². The van der Waals surface area contributed by atoms with Crippen LogP contribution in [-0.2, 0) is 16.6 Å². The van der Waals surface area contributed by atoms with Gasteiger partial charge < -0.3 is 9.73 Å². The molecule has 2 rings (SSSR count). The molecule has 0 unspecified atom stereocenters. The Balaban J connectivity index is 2.36. The zero-order valence-electron chi connectivity index (χ0n) is 12.0. The number of aryl methyl sites for hydroxylation is 2. The Labute approximate surface area is 129 Å². The van der Waals surface area contributed by atoms with Crippen molar-refractivity contribution in [1.82, 2.24) is 5.32 Å². The number of anilines is 1. The van der Waals surface area contributed by atoms with Gasteiger partial charge in [0.25, 0.3) is 10.0 Å². The molecule has 0 spiro atoms. The molecule has 2 N–H and O–H groups in total. The first-order chi connectivity index (χ1) is 9.83. The summed E-state index contributed by atoms with van der Waals surface area (Å²) in [6.45, 7) is 3.90. The van der Waals surface area contributed by atoms with Crippen molar-refractivity contribution >= 4 is 27.3 Å². The van der Waals surface area contributed by atoms with Gasteiger partial charge in [-0.15, -0.1) is 0 Å². The van der Waals surface area contributed by atoms with Crippen molar-refractivity contribution in [2.24, 2.45) is 0 Å². The van der Waals surface area contributed by atoms with Crippen LogP contribution in [0.15, 0.2) is 33.6 Å². The van der Waals surface area contributed by atoms with E-state index in [2.05, 4.69) is 10.0 Å². The highest BCUT2D eigenvalue weighted by Crippen LogP contribution is 2.26. The van der Waals surface area contributed by atoms with Crippen LogP contribution < -0.4 is 10.0 Å². The van der Waals surface area contributed by atoms with Gasteiger partial charge in [-0.1, -0.05) is 17.7 Å². The van der Waals surface area contributed by atoms with E-state index in [1.54, 1.807) is 32.2 Å². The second-order valence-electron chi connectivity index (χ2n) is 4.73. The molecule has 21 heavy (non-hydrogen) atoms. The first-order valence-corrected chi connectivity index (χ1v) is 8.22. The number of benzene rings is 1. The number of halogens is 1. The minimum Gasteiger partial charge on any atom is -0.464 e. The van der Waals surface area contributed by atoms with E-state index in [-0.39, 0.29) is 4.90 Å². The lowest BCUT2D eigenvalue weighted by atomic mass is 10.2. The van der Waals surface area contributed by atoms with Crippen molar-refractivity contribution in [3.8, 4) is 0 Å². The maximum absolute atomic E-state index is 12.5. The third kappa shape index (κ3) is 3.58. The maximum atomic E-state index is 12.5. The molecule has 5 nitrogen and oxygen atoms in total. The molecule has 1 heterocycles. The molecule has 0 atom stereocenters. The molecule has 1 aromatic carbocycles. The van der Waals surface area contributed by atoms with E-state index < -0.39 is 10.0 Å². The number of sulfonamides is 1. The van der Waals surface area contributed by atoms with Gasteiger partial charge in [0.1, 0.15) is 16.4 Å². The molecule has 114 valence electrons. The quantitative estimate of drug-likeness (QED) is 0.884. The fraction of sp³-hybridized carbons (Fsp3) is 0.286. The van der Waals surface area contributed by atoms with Crippen molar-refractivity contribution < 1.29 is 12.8 Å². The van der Waals surface area contributed by atoms with Crippen LogP contribution in [0.25, 0.3) is 0 Å². The lowest BCUT2D eigenvalue weighted by molar-refractivity contribution is 0.466. The Bertz CT molecular complexity index is 754. The minimum absolute atomic E-state index is 0.132. The molecule has 1 aromatic heterocycles. The van der Waals surface area contributed by atoms with E-state index >= 15 is 0 Å². The molecule has 7 heteroatoms. The number of rotatable bonds is 5. The first-order valence-electron chi connectivity index (χ1n) is 6.36. The molecule has 0 saturated carbocycles. The standard InChI is InChI=1S/C14H17ClN2O3S/c1-9-4-5-11(15)6-13(9)17-21(18,19)14-7-12(8-16-3)20-10(14)2/h4-7,16-17H,8H2,1-3H3. The first kappa shape index (κ1) is 15.9. The molecular formula is C14H17ClN2O3S. The maximum Gasteiger partial charge on any atom is 0.265 e. The van der Waals surface area contributed by atoms with E-state index in [9.17, 15) is 8.42 Å². The summed E-state index contributed by atoms with van der Waals surface area (Å²) in [4.78, 5) is 0.132. The zero-order chi connectivity index (χ0) is 15.6. The monoisotopic (exact) mass is 328 g/mol. The van der Waals surface area contributed by atoms with E-state index in [0.717, 1.165) is 5.56 Å². The van der Waals surface area contributed by atoms with Crippen LogP contribution in [0.4, 0.5) is 5.69 Å². The van der Waals surface area contributed by atoms with Crippen LogP contribution in [0.5, 0.6) is 0 Å². The third-order valence-electron chi connectivity index (χ3n) is 3.01. The van der Waals surface area contributed by atoms with Crippen LogP contribution in [-0.4, -0.2) is 15.5 Å². The predicted octanol–water partition coefficient (Wildman–Crippen LogP) is 3.07. The van der Waals surface area contributed by atoms with E-state index in [1.165, 1.54) is 6.07 Å². The Hall–Kier alpha value is -1.50. The van der Waals surface area contributed by atoms with Gasteiger partial charge >= 0.3 is 0 Å². The van der Waals surface area contributed by atoms with Crippen molar-refractivity contribution in [3.63, 3.8) is 0 Å². The lowest BCUT2D eigenvalue weighted by Crippen LogP contribution is -2.14. The van der Waals surface area contributed by atoms with Gasteiger partial charge in [-0.2, -0.15) is 0 Å². The normalized spacial score (nSPS) is 11.6. The summed E-state index contributed by atoms with van der Waals surface area (Å²) in [5, 5.41) is 3.39. The molecule has 0 aliphatic heterocycles. The van der Waals surface area contributed by atoms with Crippen LogP contribution in [0, 0.1) is 13.8 Å². The Morgan fingerprint density at radius 1 is 1.24 bits per heavy atom. The minimum atomic E-state index is -3.71. The second-order valence-corrected chi connectivity index (χ2v) is 6.82. The van der Waals surface area contributed by atoms with Gasteiger partial charge in [-0.05, 0) is 38.6 Å². The van der Waals surface area contributed by atoms with Crippen LogP contribution in [0.2, 0.25) is 5.02 Å². The van der Waals surface area contributed by atoms with Gasteiger partial charge in [-0.3, -0.25) is 4.72 Å². The van der Waals surface area contributed by atoms with Crippen molar-refractivity contribution in [2.75, 3.05) is 11.8 Å².